The van der Waals surface area contributed by atoms with Gasteiger partial charge in [0.15, 0.2) is 0 Å². The van der Waals surface area contributed by atoms with Gasteiger partial charge in [0.2, 0.25) is 0 Å². The van der Waals surface area contributed by atoms with Gasteiger partial charge in [0.1, 0.15) is 0 Å². The highest BCUT2D eigenvalue weighted by molar-refractivity contribution is 4.75. The zero-order valence-corrected chi connectivity index (χ0v) is 35.0. The van der Waals surface area contributed by atoms with Crippen LogP contribution in [-0.4, -0.2) is 50.3 Å². The molecule has 0 aliphatic carbocycles. The number of hydrogen-bond acceptors (Lipinski definition) is 4. The van der Waals surface area contributed by atoms with Gasteiger partial charge in [-0.25, -0.2) is 0 Å². The standard InChI is InChI=1S/C44H91NO3/c1-11-15-16-17-24-29-34-41(44(46-12-2,47-13-3)48-14-4)35-40-45(38-32-27-22-18-20-25-30-36-42(5,6)7)39-33-28-23-19-21-26-31-37-43(8,9)10/h41H,11-40H2,1-10H3. The monoisotopic (exact) mass is 682 g/mol. The normalized spacial score (nSPS) is 13.6. The molecule has 1 atom stereocenters. The molecule has 0 amide bonds. The summed E-state index contributed by atoms with van der Waals surface area (Å²) in [7, 11) is 0. The quantitative estimate of drug-likeness (QED) is 0.0492. The lowest BCUT2D eigenvalue weighted by molar-refractivity contribution is -0.403. The summed E-state index contributed by atoms with van der Waals surface area (Å²) in [5.41, 5.74) is 0.966. The lowest BCUT2D eigenvalue weighted by atomic mass is 9.89. The van der Waals surface area contributed by atoms with E-state index in [9.17, 15) is 0 Å². The van der Waals surface area contributed by atoms with E-state index in [-0.39, 0.29) is 5.92 Å². The molecule has 0 spiro atoms. The van der Waals surface area contributed by atoms with Crippen molar-refractivity contribution in [3.8, 4) is 0 Å². The van der Waals surface area contributed by atoms with Crippen molar-refractivity contribution in [2.24, 2.45) is 16.7 Å². The summed E-state index contributed by atoms with van der Waals surface area (Å²) in [5, 5.41) is 0. The molecular weight excluding hydrogens is 590 g/mol. The molecule has 0 bridgehead atoms. The highest BCUT2D eigenvalue weighted by Gasteiger charge is 2.41. The number of nitrogens with zero attached hydrogens (tertiary/aromatic N) is 1. The van der Waals surface area contributed by atoms with Gasteiger partial charge in [0, 0.05) is 25.7 Å². The predicted molar refractivity (Wildman–Crippen MR) is 213 cm³/mol. The Hall–Kier alpha value is -0.160. The molecule has 0 aromatic carbocycles. The summed E-state index contributed by atoms with van der Waals surface area (Å²) in [6.45, 7) is 28.2. The molecule has 0 aromatic heterocycles. The molecule has 0 fully saturated rings. The minimum absolute atomic E-state index is 0.257. The van der Waals surface area contributed by atoms with Gasteiger partial charge < -0.3 is 19.1 Å². The first-order valence-corrected chi connectivity index (χ1v) is 21.6. The third-order valence-electron chi connectivity index (χ3n) is 10.0. The fourth-order valence-corrected chi connectivity index (χ4v) is 7.17. The number of hydrogen-bond donors (Lipinski definition) is 0. The molecule has 4 heteroatoms. The van der Waals surface area contributed by atoms with E-state index in [4.69, 9.17) is 14.2 Å². The van der Waals surface area contributed by atoms with Crippen molar-refractivity contribution in [2.75, 3.05) is 39.5 Å². The fraction of sp³-hybridized carbons (Fsp3) is 1.00. The van der Waals surface area contributed by atoms with Crippen LogP contribution in [0.1, 0.15) is 223 Å². The van der Waals surface area contributed by atoms with Crippen molar-refractivity contribution in [1.29, 1.82) is 0 Å². The van der Waals surface area contributed by atoms with Crippen molar-refractivity contribution in [2.45, 2.75) is 229 Å². The molecule has 0 aliphatic heterocycles. The minimum Gasteiger partial charge on any atom is -0.328 e. The van der Waals surface area contributed by atoms with Gasteiger partial charge in [-0.15, -0.1) is 0 Å². The average Bonchev–Trinajstić information content (AvgIpc) is 3.01. The predicted octanol–water partition coefficient (Wildman–Crippen LogP) is 14.1. The molecule has 0 aliphatic rings. The first-order chi connectivity index (χ1) is 22.9. The van der Waals surface area contributed by atoms with E-state index in [0.717, 1.165) is 19.4 Å². The van der Waals surface area contributed by atoms with Gasteiger partial charge in [-0.1, -0.05) is 164 Å². The Balaban J connectivity index is 5.13. The van der Waals surface area contributed by atoms with Crippen molar-refractivity contribution in [3.63, 3.8) is 0 Å². The van der Waals surface area contributed by atoms with Gasteiger partial charge in [-0.2, -0.15) is 0 Å². The topological polar surface area (TPSA) is 30.9 Å². The average molecular weight is 682 g/mol. The van der Waals surface area contributed by atoms with E-state index < -0.39 is 5.97 Å². The summed E-state index contributed by atoms with van der Waals surface area (Å²) >= 11 is 0. The first-order valence-electron chi connectivity index (χ1n) is 21.6. The molecule has 0 rings (SSSR count). The van der Waals surface area contributed by atoms with Crippen LogP contribution < -0.4 is 0 Å². The molecule has 0 heterocycles. The smallest absolute Gasteiger partial charge is 0.285 e. The number of unbranched alkanes of at least 4 members (excludes halogenated alkanes) is 17. The Morgan fingerprint density at radius 2 is 0.750 bits per heavy atom. The van der Waals surface area contributed by atoms with E-state index in [1.54, 1.807) is 0 Å². The molecular formula is C44H91NO3. The highest BCUT2D eigenvalue weighted by Crippen LogP contribution is 2.34. The maximum Gasteiger partial charge on any atom is 0.285 e. The molecule has 0 saturated carbocycles. The van der Waals surface area contributed by atoms with Crippen LogP contribution in [0.15, 0.2) is 0 Å². The van der Waals surface area contributed by atoms with Crippen LogP contribution in [0.4, 0.5) is 0 Å². The summed E-state index contributed by atoms with van der Waals surface area (Å²) < 4.78 is 19.1. The van der Waals surface area contributed by atoms with Crippen LogP contribution in [0.5, 0.6) is 0 Å². The summed E-state index contributed by atoms with van der Waals surface area (Å²) in [5.74, 6) is -0.653. The van der Waals surface area contributed by atoms with Crippen molar-refractivity contribution >= 4 is 0 Å². The van der Waals surface area contributed by atoms with Gasteiger partial charge >= 0.3 is 0 Å². The van der Waals surface area contributed by atoms with Gasteiger partial charge in [-0.3, -0.25) is 0 Å². The maximum atomic E-state index is 6.38. The van der Waals surface area contributed by atoms with Crippen molar-refractivity contribution in [3.05, 3.63) is 0 Å². The van der Waals surface area contributed by atoms with E-state index in [2.05, 4.69) is 74.1 Å². The molecule has 0 aromatic rings. The number of rotatable bonds is 35. The lowest BCUT2D eigenvalue weighted by Gasteiger charge is -2.40. The van der Waals surface area contributed by atoms with Gasteiger partial charge in [0.25, 0.3) is 5.97 Å². The summed E-state index contributed by atoms with van der Waals surface area (Å²) in [6, 6.07) is 0. The highest BCUT2D eigenvalue weighted by atomic mass is 16.9. The van der Waals surface area contributed by atoms with E-state index in [1.807, 2.05) is 0 Å². The van der Waals surface area contributed by atoms with Crippen LogP contribution in [0, 0.1) is 16.7 Å². The van der Waals surface area contributed by atoms with Crippen LogP contribution in [0.3, 0.4) is 0 Å². The summed E-state index contributed by atoms with van der Waals surface area (Å²) in [4.78, 5) is 2.79. The van der Waals surface area contributed by atoms with Gasteiger partial charge in [0.05, 0.1) is 0 Å². The fourth-order valence-electron chi connectivity index (χ4n) is 7.17. The van der Waals surface area contributed by atoms with E-state index >= 15 is 0 Å². The Morgan fingerprint density at radius 1 is 0.396 bits per heavy atom. The largest absolute Gasteiger partial charge is 0.328 e. The zero-order valence-electron chi connectivity index (χ0n) is 35.0. The SMILES string of the molecule is CCCCCCCCC(CCN(CCCCCCCCCC(C)(C)C)CCCCCCCCCC(C)(C)C)C(OCC)(OCC)OCC. The zero-order chi connectivity index (χ0) is 36.0. The lowest BCUT2D eigenvalue weighted by Crippen LogP contribution is -2.48. The number of ether oxygens (including phenoxy) is 3. The third-order valence-corrected chi connectivity index (χ3v) is 10.0. The van der Waals surface area contributed by atoms with Crippen molar-refractivity contribution < 1.29 is 14.2 Å². The Labute approximate surface area is 304 Å². The Kier molecular flexibility index (Phi) is 30.4. The Morgan fingerprint density at radius 3 is 1.12 bits per heavy atom. The van der Waals surface area contributed by atoms with Crippen LogP contribution in [0.25, 0.3) is 0 Å². The summed E-state index contributed by atoms with van der Waals surface area (Å²) in [6.07, 6.45) is 32.2. The Bertz CT molecular complexity index is 618. The third kappa shape index (κ3) is 28.5. The molecule has 48 heavy (non-hydrogen) atoms. The maximum absolute atomic E-state index is 6.38. The second kappa shape index (κ2) is 30.5. The molecule has 0 saturated heterocycles. The van der Waals surface area contributed by atoms with Crippen molar-refractivity contribution in [1.82, 2.24) is 4.90 Å². The molecule has 290 valence electrons. The van der Waals surface area contributed by atoms with Crippen LogP contribution >= 0.6 is 0 Å². The second-order valence-electron chi connectivity index (χ2n) is 17.4. The first kappa shape index (κ1) is 47.8. The van der Waals surface area contributed by atoms with E-state index in [1.165, 1.54) is 154 Å². The van der Waals surface area contributed by atoms with Crippen LogP contribution in [0.2, 0.25) is 0 Å². The van der Waals surface area contributed by atoms with E-state index in [0.29, 0.717) is 30.7 Å². The molecule has 0 N–H and O–H groups in total. The van der Waals surface area contributed by atoms with Gasteiger partial charge in [-0.05, 0) is 89.8 Å². The second-order valence-corrected chi connectivity index (χ2v) is 17.4. The molecule has 4 nitrogen and oxygen atoms in total. The molecule has 1 unspecified atom stereocenters. The minimum atomic E-state index is -0.909. The van der Waals surface area contributed by atoms with Crippen LogP contribution in [-0.2, 0) is 14.2 Å². The molecule has 0 radical (unpaired) electrons.